The maximum atomic E-state index is 9.12. The highest BCUT2D eigenvalue weighted by Gasteiger charge is 2.22. The molecule has 0 spiro atoms. The number of hydrogen-bond donors (Lipinski definition) is 4. The molecular formula is C11H15N3O2. The summed E-state index contributed by atoms with van der Waals surface area (Å²) >= 11 is 0. The quantitative estimate of drug-likeness (QED) is 0.547. The topological polar surface area (TPSA) is 102 Å². The van der Waals surface area contributed by atoms with Crippen molar-refractivity contribution in [3.05, 3.63) is 23.8 Å². The molecule has 0 amide bonds. The van der Waals surface area contributed by atoms with Gasteiger partial charge in [-0.2, -0.15) is 5.26 Å². The molecule has 0 aliphatic rings. The van der Waals surface area contributed by atoms with Gasteiger partial charge in [-0.1, -0.05) is 0 Å². The number of nitrogens with two attached hydrogens (primary N) is 1. The summed E-state index contributed by atoms with van der Waals surface area (Å²) < 4.78 is 0. The molecule has 0 bridgehead atoms. The molecule has 0 atom stereocenters. The number of nitrogen functional groups attached to an aromatic ring is 1. The molecule has 0 saturated carbocycles. The van der Waals surface area contributed by atoms with Gasteiger partial charge in [0.25, 0.3) is 0 Å². The predicted octanol–water partition coefficient (Wildman–Crippen LogP) is 0.296. The molecule has 0 aromatic heterocycles. The van der Waals surface area contributed by atoms with Gasteiger partial charge in [-0.05, 0) is 25.1 Å². The average molecular weight is 221 g/mol. The Kier molecular flexibility index (Phi) is 3.72. The van der Waals surface area contributed by atoms with Crippen molar-refractivity contribution in [3.63, 3.8) is 0 Å². The van der Waals surface area contributed by atoms with Crippen LogP contribution in [-0.4, -0.2) is 29.0 Å². The highest BCUT2D eigenvalue weighted by molar-refractivity contribution is 5.69. The van der Waals surface area contributed by atoms with Crippen LogP contribution >= 0.6 is 0 Å². The van der Waals surface area contributed by atoms with Crippen LogP contribution in [0.2, 0.25) is 0 Å². The van der Waals surface area contributed by atoms with E-state index in [9.17, 15) is 0 Å². The average Bonchev–Trinajstić information content (AvgIpc) is 2.31. The number of aliphatic hydroxyl groups is 2. The van der Waals surface area contributed by atoms with Gasteiger partial charge in [0.2, 0.25) is 0 Å². The molecule has 0 aliphatic heterocycles. The van der Waals surface area contributed by atoms with Crippen LogP contribution in [0.1, 0.15) is 12.5 Å². The second kappa shape index (κ2) is 4.84. The van der Waals surface area contributed by atoms with Crippen LogP contribution < -0.4 is 11.1 Å². The van der Waals surface area contributed by atoms with Crippen LogP contribution in [0.4, 0.5) is 11.4 Å². The van der Waals surface area contributed by atoms with Gasteiger partial charge in [-0.3, -0.25) is 0 Å². The van der Waals surface area contributed by atoms with E-state index >= 15 is 0 Å². The van der Waals surface area contributed by atoms with Crippen molar-refractivity contribution in [2.24, 2.45) is 0 Å². The molecule has 0 radical (unpaired) electrons. The Labute approximate surface area is 94.1 Å². The minimum atomic E-state index is -0.831. The maximum absolute atomic E-state index is 9.12. The number of nitrogens with zero attached hydrogens (tertiary/aromatic N) is 1. The smallest absolute Gasteiger partial charge is 0.0992 e. The van der Waals surface area contributed by atoms with Crippen molar-refractivity contribution < 1.29 is 10.2 Å². The van der Waals surface area contributed by atoms with Gasteiger partial charge < -0.3 is 21.3 Å². The summed E-state index contributed by atoms with van der Waals surface area (Å²) in [5.41, 5.74) is 6.37. The van der Waals surface area contributed by atoms with Gasteiger partial charge in [0.1, 0.15) is 0 Å². The monoisotopic (exact) mass is 221 g/mol. The molecule has 5 heteroatoms. The van der Waals surface area contributed by atoms with Gasteiger partial charge >= 0.3 is 0 Å². The van der Waals surface area contributed by atoms with Crippen LogP contribution in [0.25, 0.3) is 0 Å². The minimum absolute atomic E-state index is 0.219. The lowest BCUT2D eigenvalue weighted by Crippen LogP contribution is -2.42. The van der Waals surface area contributed by atoms with Crippen LogP contribution in [0.5, 0.6) is 0 Å². The summed E-state index contributed by atoms with van der Waals surface area (Å²) in [4.78, 5) is 0. The van der Waals surface area contributed by atoms with Gasteiger partial charge in [0.15, 0.2) is 0 Å². The first kappa shape index (κ1) is 12.3. The lowest BCUT2D eigenvalue weighted by atomic mass is 10.0. The van der Waals surface area contributed by atoms with E-state index in [4.69, 9.17) is 21.2 Å². The van der Waals surface area contributed by atoms with Crippen LogP contribution in [0.3, 0.4) is 0 Å². The summed E-state index contributed by atoms with van der Waals surface area (Å²) in [7, 11) is 0. The van der Waals surface area contributed by atoms with Gasteiger partial charge in [-0.25, -0.2) is 0 Å². The van der Waals surface area contributed by atoms with Gasteiger partial charge in [0, 0.05) is 0 Å². The molecule has 5 nitrogen and oxygen atoms in total. The zero-order chi connectivity index (χ0) is 12.2. The SMILES string of the molecule is CC(CO)(CO)Nc1ccc(C#N)cc1N. The fourth-order valence-corrected chi connectivity index (χ4v) is 1.20. The Morgan fingerprint density at radius 1 is 1.44 bits per heavy atom. The van der Waals surface area contributed by atoms with E-state index < -0.39 is 5.54 Å². The third kappa shape index (κ3) is 2.63. The number of anilines is 2. The number of nitriles is 1. The van der Waals surface area contributed by atoms with E-state index in [2.05, 4.69) is 5.32 Å². The molecule has 0 unspecified atom stereocenters. The summed E-state index contributed by atoms with van der Waals surface area (Å²) in [6.07, 6.45) is 0. The molecule has 1 rings (SSSR count). The first-order valence-corrected chi connectivity index (χ1v) is 4.84. The van der Waals surface area contributed by atoms with Crippen LogP contribution in [-0.2, 0) is 0 Å². The zero-order valence-corrected chi connectivity index (χ0v) is 9.07. The van der Waals surface area contributed by atoms with Crippen molar-refractivity contribution in [2.45, 2.75) is 12.5 Å². The molecule has 0 heterocycles. The molecular weight excluding hydrogens is 206 g/mol. The summed E-state index contributed by atoms with van der Waals surface area (Å²) in [6, 6.07) is 6.79. The van der Waals surface area contributed by atoms with Crippen molar-refractivity contribution in [2.75, 3.05) is 24.3 Å². The number of aliphatic hydroxyl groups excluding tert-OH is 2. The number of nitrogens with one attached hydrogen (secondary N) is 1. The molecule has 5 N–H and O–H groups in total. The predicted molar refractivity (Wildman–Crippen MR) is 61.8 cm³/mol. The standard InChI is InChI=1S/C11H15N3O2/c1-11(6-15,7-16)14-10-3-2-8(5-12)4-9(10)13/h2-4,14-16H,6-7,13H2,1H3. The normalized spacial score (nSPS) is 10.9. The van der Waals surface area contributed by atoms with Gasteiger partial charge in [-0.15, -0.1) is 0 Å². The van der Waals surface area contributed by atoms with Crippen molar-refractivity contribution in [1.82, 2.24) is 0 Å². The van der Waals surface area contributed by atoms with E-state index in [1.54, 1.807) is 19.1 Å². The van der Waals surface area contributed by atoms with E-state index in [1.165, 1.54) is 6.07 Å². The molecule has 1 aromatic carbocycles. The Balaban J connectivity index is 2.94. The molecule has 0 aliphatic carbocycles. The van der Waals surface area contributed by atoms with Crippen LogP contribution in [0.15, 0.2) is 18.2 Å². The van der Waals surface area contributed by atoms with Gasteiger partial charge in [0.05, 0.1) is 41.8 Å². The summed E-state index contributed by atoms with van der Waals surface area (Å²) in [5, 5.41) is 29.9. The fourth-order valence-electron chi connectivity index (χ4n) is 1.20. The van der Waals surface area contributed by atoms with E-state index in [0.29, 0.717) is 16.9 Å². The lowest BCUT2D eigenvalue weighted by molar-refractivity contribution is 0.147. The highest BCUT2D eigenvalue weighted by Crippen LogP contribution is 2.23. The molecule has 86 valence electrons. The number of hydrogen-bond acceptors (Lipinski definition) is 5. The van der Waals surface area contributed by atoms with Crippen molar-refractivity contribution >= 4 is 11.4 Å². The third-order valence-electron chi connectivity index (χ3n) is 2.32. The maximum Gasteiger partial charge on any atom is 0.0992 e. The summed E-state index contributed by atoms with van der Waals surface area (Å²) in [6.45, 7) is 1.23. The van der Waals surface area contributed by atoms with E-state index in [0.717, 1.165) is 0 Å². The summed E-state index contributed by atoms with van der Waals surface area (Å²) in [5.74, 6) is 0. The Hall–Kier alpha value is -1.77. The zero-order valence-electron chi connectivity index (χ0n) is 9.07. The van der Waals surface area contributed by atoms with E-state index in [-0.39, 0.29) is 13.2 Å². The molecule has 1 aromatic rings. The van der Waals surface area contributed by atoms with Crippen molar-refractivity contribution in [3.8, 4) is 6.07 Å². The lowest BCUT2D eigenvalue weighted by Gasteiger charge is -2.28. The highest BCUT2D eigenvalue weighted by atomic mass is 16.3. The molecule has 0 saturated heterocycles. The number of rotatable bonds is 4. The first-order valence-electron chi connectivity index (χ1n) is 4.84. The Morgan fingerprint density at radius 3 is 2.50 bits per heavy atom. The Morgan fingerprint density at radius 2 is 2.06 bits per heavy atom. The largest absolute Gasteiger partial charge is 0.397 e. The fraction of sp³-hybridized carbons (Fsp3) is 0.364. The Bertz CT molecular complexity index is 408. The minimum Gasteiger partial charge on any atom is -0.397 e. The first-order chi connectivity index (χ1) is 7.54. The second-order valence-electron chi connectivity index (χ2n) is 3.92. The molecule has 0 fully saturated rings. The second-order valence-corrected chi connectivity index (χ2v) is 3.92. The van der Waals surface area contributed by atoms with E-state index in [1.807, 2.05) is 6.07 Å². The molecule has 16 heavy (non-hydrogen) atoms. The third-order valence-corrected chi connectivity index (χ3v) is 2.32. The van der Waals surface area contributed by atoms with Crippen LogP contribution in [0, 0.1) is 11.3 Å². The number of benzene rings is 1. The van der Waals surface area contributed by atoms with Crippen molar-refractivity contribution in [1.29, 1.82) is 5.26 Å².